The van der Waals surface area contributed by atoms with Gasteiger partial charge >= 0.3 is 12.0 Å². The smallest absolute Gasteiger partial charge is 0.326 e. The molecule has 0 fully saturated rings. The number of primary amides is 1. The lowest BCUT2D eigenvalue weighted by atomic mass is 10.2. The lowest BCUT2D eigenvalue weighted by Crippen LogP contribution is -2.47. The monoisotopic (exact) mass is 299 g/mol. The first-order chi connectivity index (χ1) is 9.42. The molecule has 110 valence electrons. The number of nitrogens with one attached hydrogen (secondary N) is 2. The Hall–Kier alpha value is -2.09. The van der Waals surface area contributed by atoms with Gasteiger partial charge in [-0.15, -0.1) is 11.3 Å². The molecule has 1 aromatic rings. The molecule has 1 heterocycles. The van der Waals surface area contributed by atoms with Gasteiger partial charge in [-0.2, -0.15) is 0 Å². The van der Waals surface area contributed by atoms with Crippen LogP contribution in [0.5, 0.6) is 0 Å². The van der Waals surface area contributed by atoms with Crippen molar-refractivity contribution >= 4 is 29.2 Å². The van der Waals surface area contributed by atoms with E-state index in [9.17, 15) is 14.4 Å². The first-order valence-electron chi connectivity index (χ1n) is 6.05. The van der Waals surface area contributed by atoms with Crippen molar-refractivity contribution in [1.29, 1.82) is 0 Å². The summed E-state index contributed by atoms with van der Waals surface area (Å²) in [7, 11) is 0. The predicted octanol–water partition coefficient (Wildman–Crippen LogP) is 0.438. The summed E-state index contributed by atoms with van der Waals surface area (Å²) < 4.78 is 0. The van der Waals surface area contributed by atoms with Gasteiger partial charge in [0, 0.05) is 9.75 Å². The van der Waals surface area contributed by atoms with Crippen LogP contribution in [0, 0.1) is 0 Å². The summed E-state index contributed by atoms with van der Waals surface area (Å²) in [6, 6.07) is 1.92. The summed E-state index contributed by atoms with van der Waals surface area (Å²) in [5, 5.41) is 13.6. The molecule has 0 aliphatic heterocycles. The fourth-order valence-corrected chi connectivity index (χ4v) is 2.38. The number of amides is 3. The number of carboxylic acids is 1. The average Bonchev–Trinajstić information content (AvgIpc) is 2.83. The molecular formula is C12H17N3O4S. The number of aliphatic carboxylic acids is 1. The Balaban J connectivity index is 2.45. The summed E-state index contributed by atoms with van der Waals surface area (Å²) in [6.45, 7) is 2.34. The van der Waals surface area contributed by atoms with Crippen molar-refractivity contribution in [1.82, 2.24) is 10.6 Å². The lowest BCUT2D eigenvalue weighted by molar-refractivity contribution is -0.140. The summed E-state index contributed by atoms with van der Waals surface area (Å²) in [5.74, 6) is -2.09. The van der Waals surface area contributed by atoms with Crippen LogP contribution >= 0.6 is 11.3 Å². The van der Waals surface area contributed by atoms with Crippen LogP contribution in [-0.2, 0) is 22.6 Å². The van der Waals surface area contributed by atoms with E-state index < -0.39 is 30.4 Å². The molecule has 0 radical (unpaired) electrons. The minimum atomic E-state index is -1.32. The summed E-state index contributed by atoms with van der Waals surface area (Å²) in [6.07, 6.45) is 0.484. The molecule has 1 rings (SSSR count). The molecule has 1 aromatic heterocycles. The third kappa shape index (κ3) is 5.27. The normalized spacial score (nSPS) is 11.7. The highest BCUT2D eigenvalue weighted by Gasteiger charge is 2.21. The zero-order valence-corrected chi connectivity index (χ0v) is 11.8. The Morgan fingerprint density at radius 1 is 1.35 bits per heavy atom. The van der Waals surface area contributed by atoms with Gasteiger partial charge in [0.2, 0.25) is 5.91 Å². The maximum absolute atomic E-state index is 11.6. The molecule has 1 atom stereocenters. The first kappa shape index (κ1) is 16.0. The number of carbonyl (C=O) groups is 3. The Kier molecular flexibility index (Phi) is 5.98. The molecule has 1 unspecified atom stereocenters. The average molecular weight is 299 g/mol. The zero-order valence-electron chi connectivity index (χ0n) is 11.0. The highest BCUT2D eigenvalue weighted by atomic mass is 32.1. The van der Waals surface area contributed by atoms with Crippen molar-refractivity contribution in [2.75, 3.05) is 0 Å². The van der Waals surface area contributed by atoms with E-state index in [0.717, 1.165) is 11.3 Å². The fourth-order valence-electron chi connectivity index (χ4n) is 1.49. The molecule has 8 heteroatoms. The Morgan fingerprint density at radius 2 is 2.00 bits per heavy atom. The second-order valence-corrected chi connectivity index (χ2v) is 5.36. The molecule has 0 aromatic carbocycles. The Morgan fingerprint density at radius 3 is 2.50 bits per heavy atom. The van der Waals surface area contributed by atoms with E-state index in [1.165, 1.54) is 4.88 Å². The highest BCUT2D eigenvalue weighted by molar-refractivity contribution is 7.11. The van der Waals surface area contributed by atoms with Crippen LogP contribution in [0.25, 0.3) is 0 Å². The third-order valence-electron chi connectivity index (χ3n) is 2.50. The SMILES string of the molecule is CCc1ccc(CNC(=O)NC(CC(N)=O)C(=O)O)s1. The third-order valence-corrected chi connectivity index (χ3v) is 3.73. The number of urea groups is 1. The van der Waals surface area contributed by atoms with Gasteiger partial charge in [0.05, 0.1) is 13.0 Å². The van der Waals surface area contributed by atoms with Crippen LogP contribution in [0.15, 0.2) is 12.1 Å². The number of thiophene rings is 1. The molecule has 0 aliphatic rings. The van der Waals surface area contributed by atoms with Crippen molar-refractivity contribution in [3.8, 4) is 0 Å². The van der Waals surface area contributed by atoms with Crippen molar-refractivity contribution < 1.29 is 19.5 Å². The van der Waals surface area contributed by atoms with Gasteiger partial charge in [0.1, 0.15) is 6.04 Å². The predicted molar refractivity (Wildman–Crippen MR) is 74.3 cm³/mol. The number of hydrogen-bond acceptors (Lipinski definition) is 4. The largest absolute Gasteiger partial charge is 0.480 e. The molecule has 5 N–H and O–H groups in total. The molecule has 7 nitrogen and oxygen atoms in total. The van der Waals surface area contributed by atoms with Gasteiger partial charge in [0.25, 0.3) is 0 Å². The van der Waals surface area contributed by atoms with E-state index in [0.29, 0.717) is 6.54 Å². The maximum Gasteiger partial charge on any atom is 0.326 e. The van der Waals surface area contributed by atoms with Crippen LogP contribution in [0.2, 0.25) is 0 Å². The minimum absolute atomic E-state index is 0.305. The van der Waals surface area contributed by atoms with E-state index in [2.05, 4.69) is 10.6 Å². The van der Waals surface area contributed by atoms with Crippen molar-refractivity contribution in [2.24, 2.45) is 5.73 Å². The number of rotatable bonds is 7. The summed E-state index contributed by atoms with van der Waals surface area (Å²) in [5.41, 5.74) is 4.92. The highest BCUT2D eigenvalue weighted by Crippen LogP contribution is 2.16. The Bertz CT molecular complexity index is 501. The van der Waals surface area contributed by atoms with Gasteiger partial charge in [-0.05, 0) is 18.6 Å². The van der Waals surface area contributed by atoms with Crippen LogP contribution in [0.1, 0.15) is 23.1 Å². The molecule has 0 saturated carbocycles. The fraction of sp³-hybridized carbons (Fsp3) is 0.417. The van der Waals surface area contributed by atoms with E-state index in [1.807, 2.05) is 19.1 Å². The minimum Gasteiger partial charge on any atom is -0.480 e. The summed E-state index contributed by atoms with van der Waals surface area (Å²) >= 11 is 1.58. The Labute approximate surface area is 120 Å². The second kappa shape index (κ2) is 7.49. The molecule has 0 saturated heterocycles. The van der Waals surface area contributed by atoms with E-state index in [1.54, 1.807) is 11.3 Å². The van der Waals surface area contributed by atoms with E-state index >= 15 is 0 Å². The number of hydrogen-bond donors (Lipinski definition) is 4. The van der Waals surface area contributed by atoms with Crippen LogP contribution < -0.4 is 16.4 Å². The van der Waals surface area contributed by atoms with Gasteiger partial charge in [0.15, 0.2) is 0 Å². The van der Waals surface area contributed by atoms with Crippen LogP contribution in [-0.4, -0.2) is 29.1 Å². The van der Waals surface area contributed by atoms with Gasteiger partial charge < -0.3 is 21.5 Å². The molecular weight excluding hydrogens is 282 g/mol. The number of carboxylic acid groups (broad SMARTS) is 1. The van der Waals surface area contributed by atoms with Crippen LogP contribution in [0.3, 0.4) is 0 Å². The van der Waals surface area contributed by atoms with Crippen molar-refractivity contribution in [3.05, 3.63) is 21.9 Å². The molecule has 0 spiro atoms. The van der Waals surface area contributed by atoms with E-state index in [4.69, 9.17) is 10.8 Å². The van der Waals surface area contributed by atoms with Gasteiger partial charge in [-0.25, -0.2) is 9.59 Å². The quantitative estimate of drug-likeness (QED) is 0.583. The maximum atomic E-state index is 11.6. The van der Waals surface area contributed by atoms with Gasteiger partial charge in [-0.1, -0.05) is 6.92 Å². The van der Waals surface area contributed by atoms with Gasteiger partial charge in [-0.3, -0.25) is 4.79 Å². The standard InChI is InChI=1S/C12H17N3O4S/c1-2-7-3-4-8(20-7)6-14-12(19)15-9(11(17)18)5-10(13)16/h3-4,9H,2,5-6H2,1H3,(H2,13,16)(H,17,18)(H2,14,15,19). The topological polar surface area (TPSA) is 122 Å². The molecule has 3 amide bonds. The second-order valence-electron chi connectivity index (χ2n) is 4.11. The van der Waals surface area contributed by atoms with Crippen molar-refractivity contribution in [3.63, 3.8) is 0 Å². The molecule has 0 bridgehead atoms. The number of nitrogens with two attached hydrogens (primary N) is 1. The molecule has 20 heavy (non-hydrogen) atoms. The van der Waals surface area contributed by atoms with Crippen LogP contribution in [0.4, 0.5) is 4.79 Å². The van der Waals surface area contributed by atoms with Crippen molar-refractivity contribution in [2.45, 2.75) is 32.4 Å². The van der Waals surface area contributed by atoms with E-state index in [-0.39, 0.29) is 0 Å². The lowest BCUT2D eigenvalue weighted by Gasteiger charge is -2.13. The first-order valence-corrected chi connectivity index (χ1v) is 6.87. The zero-order chi connectivity index (χ0) is 15.1. The summed E-state index contributed by atoms with van der Waals surface area (Å²) in [4.78, 5) is 35.3. The number of aryl methyl sites for hydroxylation is 1. The molecule has 0 aliphatic carbocycles. The number of carbonyl (C=O) groups excluding carboxylic acids is 2.